The van der Waals surface area contributed by atoms with Gasteiger partial charge in [-0.05, 0) is 34.1 Å². The minimum absolute atomic E-state index is 0.103. The number of hydrogen-bond acceptors (Lipinski definition) is 3. The molecule has 0 atom stereocenters. The summed E-state index contributed by atoms with van der Waals surface area (Å²) < 4.78 is 6.03. The van der Waals surface area contributed by atoms with Crippen LogP contribution in [0.15, 0.2) is 40.9 Å². The van der Waals surface area contributed by atoms with E-state index in [1.807, 2.05) is 24.3 Å². The van der Waals surface area contributed by atoms with Crippen LogP contribution in [0.25, 0.3) is 0 Å². The van der Waals surface area contributed by atoms with Gasteiger partial charge in [0, 0.05) is 33.4 Å². The number of ether oxygens (including phenoxy) is 1. The maximum absolute atomic E-state index is 10.0. The summed E-state index contributed by atoms with van der Waals surface area (Å²) in [7, 11) is 1.50. The number of aromatic hydroxyl groups is 1. The maximum Gasteiger partial charge on any atom is 0.162 e. The van der Waals surface area contributed by atoms with Crippen LogP contribution in [-0.2, 0) is 6.54 Å². The second-order valence-electron chi connectivity index (χ2n) is 3.95. The fourth-order valence-corrected chi connectivity index (χ4v) is 2.37. The van der Waals surface area contributed by atoms with Crippen LogP contribution in [-0.4, -0.2) is 12.2 Å². The topological polar surface area (TPSA) is 41.5 Å². The molecule has 0 saturated heterocycles. The number of rotatable bonds is 4. The highest BCUT2D eigenvalue weighted by molar-refractivity contribution is 9.10. The number of halogens is 2. The lowest BCUT2D eigenvalue weighted by atomic mass is 10.1. The molecule has 0 saturated carbocycles. The molecule has 5 heteroatoms. The Balaban J connectivity index is 2.20. The molecule has 0 aromatic heterocycles. The molecule has 2 aromatic rings. The molecule has 2 rings (SSSR count). The van der Waals surface area contributed by atoms with Gasteiger partial charge in [0.2, 0.25) is 0 Å². The SMILES string of the molecule is COc1cc(Cl)cc(CNc2ccccc2Br)c1O. The number of anilines is 1. The van der Waals surface area contributed by atoms with Crippen LogP contribution >= 0.6 is 27.5 Å². The van der Waals surface area contributed by atoms with Gasteiger partial charge >= 0.3 is 0 Å². The summed E-state index contributed by atoms with van der Waals surface area (Å²) in [4.78, 5) is 0. The smallest absolute Gasteiger partial charge is 0.162 e. The maximum atomic E-state index is 10.0. The van der Waals surface area contributed by atoms with Crippen LogP contribution in [0.1, 0.15) is 5.56 Å². The first kappa shape index (κ1) is 14.0. The van der Waals surface area contributed by atoms with Crippen molar-refractivity contribution >= 4 is 33.2 Å². The summed E-state index contributed by atoms with van der Waals surface area (Å²) in [6.07, 6.45) is 0. The standard InChI is InChI=1S/C14H13BrClNO2/c1-19-13-7-10(16)6-9(14(13)18)8-17-12-5-3-2-4-11(12)15/h2-7,17-18H,8H2,1H3. The summed E-state index contributed by atoms with van der Waals surface area (Å²) in [5.74, 6) is 0.475. The van der Waals surface area contributed by atoms with E-state index in [1.165, 1.54) is 7.11 Å². The lowest BCUT2D eigenvalue weighted by Gasteiger charge is -2.12. The van der Waals surface area contributed by atoms with Crippen molar-refractivity contribution < 1.29 is 9.84 Å². The normalized spacial score (nSPS) is 10.3. The zero-order valence-electron chi connectivity index (χ0n) is 10.3. The molecule has 3 nitrogen and oxygen atoms in total. The molecule has 0 amide bonds. The number of phenolic OH excluding ortho intramolecular Hbond substituents is 1. The fraction of sp³-hybridized carbons (Fsp3) is 0.143. The van der Waals surface area contributed by atoms with E-state index in [0.717, 1.165) is 10.2 Å². The third kappa shape index (κ3) is 3.33. The van der Waals surface area contributed by atoms with Gasteiger partial charge in [-0.1, -0.05) is 23.7 Å². The van der Waals surface area contributed by atoms with Crippen LogP contribution in [0.5, 0.6) is 11.5 Å². The summed E-state index contributed by atoms with van der Waals surface area (Å²) in [6.45, 7) is 0.450. The predicted octanol–water partition coefficient (Wildman–Crippen LogP) is 4.43. The van der Waals surface area contributed by atoms with Crippen LogP contribution in [0.4, 0.5) is 5.69 Å². The number of para-hydroxylation sites is 1. The van der Waals surface area contributed by atoms with Gasteiger partial charge in [-0.15, -0.1) is 0 Å². The number of nitrogens with one attached hydrogen (secondary N) is 1. The molecule has 0 spiro atoms. The van der Waals surface area contributed by atoms with Gasteiger partial charge in [-0.2, -0.15) is 0 Å². The molecule has 0 fully saturated rings. The van der Waals surface area contributed by atoms with Gasteiger partial charge in [-0.3, -0.25) is 0 Å². The summed E-state index contributed by atoms with van der Waals surface area (Å²) in [5.41, 5.74) is 1.63. The van der Waals surface area contributed by atoms with Gasteiger partial charge in [0.25, 0.3) is 0 Å². The molecule has 0 aliphatic carbocycles. The van der Waals surface area contributed by atoms with E-state index < -0.39 is 0 Å². The van der Waals surface area contributed by atoms with E-state index in [0.29, 0.717) is 22.9 Å². The molecule has 19 heavy (non-hydrogen) atoms. The van der Waals surface area contributed by atoms with Gasteiger partial charge < -0.3 is 15.2 Å². The van der Waals surface area contributed by atoms with Crippen LogP contribution < -0.4 is 10.1 Å². The summed E-state index contributed by atoms with van der Waals surface area (Å²) >= 11 is 9.44. The molecule has 0 aliphatic heterocycles. The Kier molecular flexibility index (Phi) is 4.56. The molecule has 100 valence electrons. The van der Waals surface area contributed by atoms with Crippen LogP contribution in [0.3, 0.4) is 0 Å². The van der Waals surface area contributed by atoms with Crippen LogP contribution in [0, 0.1) is 0 Å². The molecular formula is C14H13BrClNO2. The van der Waals surface area contributed by atoms with Gasteiger partial charge in [0.15, 0.2) is 11.5 Å². The molecule has 0 heterocycles. The van der Waals surface area contributed by atoms with Crippen molar-refractivity contribution in [1.82, 2.24) is 0 Å². The molecular weight excluding hydrogens is 330 g/mol. The van der Waals surface area contributed by atoms with Crippen molar-refractivity contribution in [2.75, 3.05) is 12.4 Å². The number of phenols is 1. The molecule has 0 radical (unpaired) electrons. The van der Waals surface area contributed by atoms with E-state index in [-0.39, 0.29) is 5.75 Å². The second kappa shape index (κ2) is 6.17. The Morgan fingerprint density at radius 2 is 2.05 bits per heavy atom. The minimum atomic E-state index is 0.103. The van der Waals surface area contributed by atoms with E-state index in [4.69, 9.17) is 16.3 Å². The Morgan fingerprint density at radius 3 is 2.74 bits per heavy atom. The quantitative estimate of drug-likeness (QED) is 0.863. The third-order valence-corrected chi connectivity index (χ3v) is 3.59. The second-order valence-corrected chi connectivity index (χ2v) is 5.24. The Labute approximate surface area is 125 Å². The van der Waals surface area contributed by atoms with Gasteiger partial charge in [0.05, 0.1) is 7.11 Å². The zero-order valence-corrected chi connectivity index (χ0v) is 12.6. The first-order chi connectivity index (χ1) is 9.11. The summed E-state index contributed by atoms with van der Waals surface area (Å²) in [6, 6.07) is 11.1. The number of methoxy groups -OCH3 is 1. The lowest BCUT2D eigenvalue weighted by Crippen LogP contribution is -2.01. The van der Waals surface area contributed by atoms with E-state index in [9.17, 15) is 5.11 Å². The van der Waals surface area contributed by atoms with Gasteiger partial charge in [-0.25, -0.2) is 0 Å². The predicted molar refractivity (Wildman–Crippen MR) is 81.1 cm³/mol. The molecule has 0 aliphatic rings. The van der Waals surface area contributed by atoms with Crippen molar-refractivity contribution in [2.24, 2.45) is 0 Å². The monoisotopic (exact) mass is 341 g/mol. The Bertz CT molecular complexity index is 590. The molecule has 2 aromatic carbocycles. The van der Waals surface area contributed by atoms with Crippen molar-refractivity contribution in [1.29, 1.82) is 0 Å². The number of hydrogen-bond donors (Lipinski definition) is 2. The highest BCUT2D eigenvalue weighted by Gasteiger charge is 2.10. The third-order valence-electron chi connectivity index (χ3n) is 2.68. The minimum Gasteiger partial charge on any atom is -0.504 e. The van der Waals surface area contributed by atoms with E-state index >= 15 is 0 Å². The first-order valence-electron chi connectivity index (χ1n) is 5.65. The van der Waals surface area contributed by atoms with E-state index in [2.05, 4.69) is 21.2 Å². The first-order valence-corrected chi connectivity index (χ1v) is 6.82. The Hall–Kier alpha value is -1.39. The fourth-order valence-electron chi connectivity index (χ4n) is 1.71. The van der Waals surface area contributed by atoms with Crippen LogP contribution in [0.2, 0.25) is 5.02 Å². The average Bonchev–Trinajstić information content (AvgIpc) is 2.41. The largest absolute Gasteiger partial charge is 0.504 e. The van der Waals surface area contributed by atoms with E-state index in [1.54, 1.807) is 12.1 Å². The lowest BCUT2D eigenvalue weighted by molar-refractivity contribution is 0.371. The molecule has 2 N–H and O–H groups in total. The number of benzene rings is 2. The van der Waals surface area contributed by atoms with Crippen molar-refractivity contribution in [3.8, 4) is 11.5 Å². The Morgan fingerprint density at radius 1 is 1.32 bits per heavy atom. The van der Waals surface area contributed by atoms with Crippen molar-refractivity contribution in [3.05, 3.63) is 51.5 Å². The average molecular weight is 343 g/mol. The highest BCUT2D eigenvalue weighted by atomic mass is 79.9. The highest BCUT2D eigenvalue weighted by Crippen LogP contribution is 2.34. The summed E-state index contributed by atoms with van der Waals surface area (Å²) in [5, 5.41) is 13.8. The molecule has 0 bridgehead atoms. The van der Waals surface area contributed by atoms with Crippen molar-refractivity contribution in [3.63, 3.8) is 0 Å². The van der Waals surface area contributed by atoms with Crippen molar-refractivity contribution in [2.45, 2.75) is 6.54 Å². The zero-order chi connectivity index (χ0) is 13.8. The molecule has 0 unspecified atom stereocenters. The van der Waals surface area contributed by atoms with Gasteiger partial charge in [0.1, 0.15) is 0 Å².